The molecule has 0 atom stereocenters. The SMILES string of the molecule is Cc1ccn(COC(C)C)c(=O)n1. The monoisotopic (exact) mass is 182 g/mol. The molecule has 0 aliphatic rings. The quantitative estimate of drug-likeness (QED) is 0.698. The molecule has 0 radical (unpaired) electrons. The van der Waals surface area contributed by atoms with Gasteiger partial charge in [0.25, 0.3) is 0 Å². The van der Waals surface area contributed by atoms with E-state index in [1.165, 1.54) is 4.57 Å². The molecule has 1 heterocycles. The Balaban J connectivity index is 2.73. The summed E-state index contributed by atoms with van der Waals surface area (Å²) in [5, 5.41) is 0. The summed E-state index contributed by atoms with van der Waals surface area (Å²) in [5.74, 6) is 0. The van der Waals surface area contributed by atoms with Crippen LogP contribution in [0.4, 0.5) is 0 Å². The molecule has 0 fully saturated rings. The molecule has 4 heteroatoms. The van der Waals surface area contributed by atoms with Crippen LogP contribution in [-0.4, -0.2) is 15.7 Å². The maximum atomic E-state index is 11.2. The van der Waals surface area contributed by atoms with Crippen LogP contribution >= 0.6 is 0 Å². The number of aromatic nitrogens is 2. The molecule has 0 N–H and O–H groups in total. The minimum Gasteiger partial charge on any atom is -0.358 e. The normalized spacial score (nSPS) is 10.8. The smallest absolute Gasteiger partial charge is 0.349 e. The van der Waals surface area contributed by atoms with E-state index < -0.39 is 0 Å². The molecular weight excluding hydrogens is 168 g/mol. The number of hydrogen-bond acceptors (Lipinski definition) is 3. The van der Waals surface area contributed by atoms with E-state index in [1.54, 1.807) is 19.2 Å². The minimum absolute atomic E-state index is 0.119. The van der Waals surface area contributed by atoms with Crippen LogP contribution in [0.2, 0.25) is 0 Å². The van der Waals surface area contributed by atoms with Crippen LogP contribution in [0.3, 0.4) is 0 Å². The average Bonchev–Trinajstić information content (AvgIpc) is 2.02. The molecule has 0 unspecified atom stereocenters. The lowest BCUT2D eigenvalue weighted by molar-refractivity contribution is 0.0260. The van der Waals surface area contributed by atoms with Gasteiger partial charge in [-0.3, -0.25) is 4.57 Å². The van der Waals surface area contributed by atoms with Crippen molar-refractivity contribution in [2.24, 2.45) is 0 Å². The van der Waals surface area contributed by atoms with Crippen LogP contribution < -0.4 is 5.69 Å². The summed E-state index contributed by atoms with van der Waals surface area (Å²) in [6, 6.07) is 1.78. The van der Waals surface area contributed by atoms with Crippen molar-refractivity contribution in [1.82, 2.24) is 9.55 Å². The predicted molar refractivity (Wildman–Crippen MR) is 49.5 cm³/mol. The first-order valence-corrected chi connectivity index (χ1v) is 4.25. The van der Waals surface area contributed by atoms with Crippen LogP contribution in [0.25, 0.3) is 0 Å². The summed E-state index contributed by atoms with van der Waals surface area (Å²) in [6.45, 7) is 5.90. The molecule has 0 spiro atoms. The molecule has 1 aromatic heterocycles. The van der Waals surface area contributed by atoms with Gasteiger partial charge >= 0.3 is 5.69 Å². The van der Waals surface area contributed by atoms with E-state index in [4.69, 9.17) is 4.74 Å². The lowest BCUT2D eigenvalue weighted by Gasteiger charge is -2.08. The topological polar surface area (TPSA) is 44.1 Å². The second-order valence-electron chi connectivity index (χ2n) is 3.17. The fraction of sp³-hybridized carbons (Fsp3) is 0.556. The van der Waals surface area contributed by atoms with E-state index in [0.717, 1.165) is 5.69 Å². The van der Waals surface area contributed by atoms with Gasteiger partial charge in [0.1, 0.15) is 6.73 Å². The zero-order chi connectivity index (χ0) is 9.84. The van der Waals surface area contributed by atoms with Gasteiger partial charge in [-0.1, -0.05) is 0 Å². The number of nitrogens with zero attached hydrogens (tertiary/aromatic N) is 2. The first-order chi connectivity index (χ1) is 6.09. The Labute approximate surface area is 77.2 Å². The van der Waals surface area contributed by atoms with Crippen LogP contribution in [0, 0.1) is 6.92 Å². The molecule has 0 aromatic carbocycles. The van der Waals surface area contributed by atoms with Crippen molar-refractivity contribution in [1.29, 1.82) is 0 Å². The first kappa shape index (κ1) is 9.92. The van der Waals surface area contributed by atoms with Gasteiger partial charge < -0.3 is 4.74 Å². The van der Waals surface area contributed by atoms with E-state index >= 15 is 0 Å². The molecule has 0 saturated carbocycles. The number of rotatable bonds is 3. The summed E-state index contributed by atoms with van der Waals surface area (Å²) >= 11 is 0. The molecule has 0 bridgehead atoms. The summed E-state index contributed by atoms with van der Waals surface area (Å²) in [5.41, 5.74) is 0.464. The second kappa shape index (κ2) is 4.18. The van der Waals surface area contributed by atoms with Crippen molar-refractivity contribution in [3.05, 3.63) is 28.4 Å². The molecule has 0 saturated heterocycles. The van der Waals surface area contributed by atoms with Gasteiger partial charge in [0.2, 0.25) is 0 Å². The average molecular weight is 182 g/mol. The minimum atomic E-state index is -0.263. The summed E-state index contributed by atoms with van der Waals surface area (Å²) in [7, 11) is 0. The first-order valence-electron chi connectivity index (χ1n) is 4.25. The van der Waals surface area contributed by atoms with Gasteiger partial charge in [-0.15, -0.1) is 0 Å². The maximum absolute atomic E-state index is 11.2. The zero-order valence-electron chi connectivity index (χ0n) is 8.15. The van der Waals surface area contributed by atoms with Gasteiger partial charge in [-0.05, 0) is 26.8 Å². The molecule has 13 heavy (non-hydrogen) atoms. The second-order valence-corrected chi connectivity index (χ2v) is 3.17. The van der Waals surface area contributed by atoms with Gasteiger partial charge in [-0.25, -0.2) is 4.79 Å². The Morgan fingerprint density at radius 3 is 2.85 bits per heavy atom. The fourth-order valence-corrected chi connectivity index (χ4v) is 0.842. The van der Waals surface area contributed by atoms with Gasteiger partial charge in [0, 0.05) is 11.9 Å². The molecular formula is C9H14N2O2. The van der Waals surface area contributed by atoms with Crippen molar-refractivity contribution in [3.8, 4) is 0 Å². The molecule has 0 aliphatic heterocycles. The summed E-state index contributed by atoms with van der Waals surface area (Å²) in [6.07, 6.45) is 1.81. The summed E-state index contributed by atoms with van der Waals surface area (Å²) in [4.78, 5) is 15.0. The number of hydrogen-bond donors (Lipinski definition) is 0. The molecule has 72 valence electrons. The maximum Gasteiger partial charge on any atom is 0.349 e. The van der Waals surface area contributed by atoms with Gasteiger partial charge in [0.05, 0.1) is 6.10 Å². The lowest BCUT2D eigenvalue weighted by atomic mass is 10.4. The molecule has 1 aromatic rings. The van der Waals surface area contributed by atoms with Crippen molar-refractivity contribution in [3.63, 3.8) is 0 Å². The fourth-order valence-electron chi connectivity index (χ4n) is 0.842. The van der Waals surface area contributed by atoms with Crippen molar-refractivity contribution >= 4 is 0 Å². The van der Waals surface area contributed by atoms with Crippen molar-refractivity contribution in [2.45, 2.75) is 33.6 Å². The molecule has 0 amide bonds. The highest BCUT2D eigenvalue weighted by Gasteiger charge is 1.98. The Morgan fingerprint density at radius 2 is 2.31 bits per heavy atom. The highest BCUT2D eigenvalue weighted by molar-refractivity contribution is 4.94. The Morgan fingerprint density at radius 1 is 1.62 bits per heavy atom. The van der Waals surface area contributed by atoms with Crippen molar-refractivity contribution in [2.75, 3.05) is 0 Å². The Hall–Kier alpha value is -1.16. The van der Waals surface area contributed by atoms with Gasteiger partial charge in [-0.2, -0.15) is 4.98 Å². The largest absolute Gasteiger partial charge is 0.358 e. The third-order valence-corrected chi connectivity index (χ3v) is 1.56. The van der Waals surface area contributed by atoms with Crippen LogP contribution in [-0.2, 0) is 11.5 Å². The number of aryl methyl sites for hydroxylation is 1. The number of ether oxygens (including phenoxy) is 1. The van der Waals surface area contributed by atoms with E-state index in [9.17, 15) is 4.79 Å². The van der Waals surface area contributed by atoms with Crippen LogP contribution in [0.15, 0.2) is 17.1 Å². The van der Waals surface area contributed by atoms with E-state index in [2.05, 4.69) is 4.98 Å². The van der Waals surface area contributed by atoms with E-state index in [0.29, 0.717) is 0 Å². The Kier molecular flexibility index (Phi) is 3.19. The molecule has 1 rings (SSSR count). The van der Waals surface area contributed by atoms with E-state index in [-0.39, 0.29) is 18.5 Å². The highest BCUT2D eigenvalue weighted by atomic mass is 16.5. The summed E-state index contributed by atoms with van der Waals surface area (Å²) < 4.78 is 6.71. The van der Waals surface area contributed by atoms with Crippen LogP contribution in [0.1, 0.15) is 19.5 Å². The third kappa shape index (κ3) is 2.99. The van der Waals surface area contributed by atoms with Crippen molar-refractivity contribution < 1.29 is 4.74 Å². The predicted octanol–water partition coefficient (Wildman–Crippen LogP) is 0.934. The lowest BCUT2D eigenvalue weighted by Crippen LogP contribution is -2.25. The zero-order valence-corrected chi connectivity index (χ0v) is 8.15. The van der Waals surface area contributed by atoms with Crippen LogP contribution in [0.5, 0.6) is 0 Å². The third-order valence-electron chi connectivity index (χ3n) is 1.56. The highest BCUT2D eigenvalue weighted by Crippen LogP contribution is 1.91. The molecule has 0 aliphatic carbocycles. The van der Waals surface area contributed by atoms with Gasteiger partial charge in [0.15, 0.2) is 0 Å². The standard InChI is InChI=1S/C9H14N2O2/c1-7(2)13-6-11-5-4-8(3)10-9(11)12/h4-5,7H,6H2,1-3H3. The Bertz CT molecular complexity index is 331. The van der Waals surface area contributed by atoms with E-state index in [1.807, 2.05) is 13.8 Å². The molecule has 4 nitrogen and oxygen atoms in total.